The van der Waals surface area contributed by atoms with E-state index in [0.29, 0.717) is 10.9 Å². The number of hydrogen-bond donors (Lipinski definition) is 0. The van der Waals surface area contributed by atoms with E-state index in [4.69, 9.17) is 4.74 Å². The summed E-state index contributed by atoms with van der Waals surface area (Å²) in [4.78, 5) is 0.534. The van der Waals surface area contributed by atoms with Gasteiger partial charge in [-0.15, -0.1) is 0 Å². The smallest absolute Gasteiger partial charge is 0.123 e. The number of alkyl halides is 1. The van der Waals surface area contributed by atoms with Crippen LogP contribution in [-0.2, 0) is 6.42 Å². The molecule has 2 aliphatic rings. The van der Waals surface area contributed by atoms with Crippen molar-refractivity contribution in [1.29, 1.82) is 0 Å². The van der Waals surface area contributed by atoms with E-state index in [-0.39, 0.29) is 0 Å². The standard InChI is InChI=1S/C15H19BrO/c1-10-8-13-9-12(6-7-14(13)17-10)15(16)11-4-2-3-5-11/h6-7,9-11,15H,2-5,8H2,1H3. The van der Waals surface area contributed by atoms with Crippen LogP contribution < -0.4 is 4.74 Å². The van der Waals surface area contributed by atoms with Crippen LogP contribution in [0.15, 0.2) is 18.2 Å². The van der Waals surface area contributed by atoms with Gasteiger partial charge in [0.1, 0.15) is 11.9 Å². The number of hydrogen-bond acceptors (Lipinski definition) is 1. The van der Waals surface area contributed by atoms with E-state index in [1.54, 1.807) is 0 Å². The zero-order valence-corrected chi connectivity index (χ0v) is 11.9. The maximum Gasteiger partial charge on any atom is 0.123 e. The molecular formula is C15H19BrO. The molecule has 1 aliphatic carbocycles. The molecule has 1 aromatic carbocycles. The largest absolute Gasteiger partial charge is 0.490 e. The Morgan fingerprint density at radius 3 is 2.82 bits per heavy atom. The van der Waals surface area contributed by atoms with Crippen LogP contribution in [0.25, 0.3) is 0 Å². The van der Waals surface area contributed by atoms with Crippen molar-refractivity contribution in [2.45, 2.75) is 50.0 Å². The number of benzene rings is 1. The number of rotatable bonds is 2. The molecule has 3 rings (SSSR count). The molecule has 17 heavy (non-hydrogen) atoms. The van der Waals surface area contributed by atoms with Crippen molar-refractivity contribution in [2.24, 2.45) is 5.92 Å². The molecule has 1 saturated carbocycles. The van der Waals surface area contributed by atoms with Gasteiger partial charge in [0, 0.05) is 11.2 Å². The van der Waals surface area contributed by atoms with Crippen LogP contribution in [0, 0.1) is 5.92 Å². The van der Waals surface area contributed by atoms with Crippen LogP contribution in [0.5, 0.6) is 5.75 Å². The van der Waals surface area contributed by atoms with Gasteiger partial charge < -0.3 is 4.74 Å². The summed E-state index contributed by atoms with van der Waals surface area (Å²) < 4.78 is 5.75. The highest BCUT2D eigenvalue weighted by Gasteiger charge is 2.26. The highest BCUT2D eigenvalue weighted by molar-refractivity contribution is 9.09. The Morgan fingerprint density at radius 2 is 2.06 bits per heavy atom. The zero-order valence-electron chi connectivity index (χ0n) is 10.3. The molecule has 1 aromatic rings. The minimum atomic E-state index is 0.348. The Balaban J connectivity index is 1.82. The molecule has 0 aromatic heterocycles. The van der Waals surface area contributed by atoms with Crippen molar-refractivity contribution >= 4 is 15.9 Å². The lowest BCUT2D eigenvalue weighted by molar-refractivity contribution is 0.254. The second kappa shape index (κ2) is 4.64. The first-order valence-corrected chi connectivity index (χ1v) is 7.59. The van der Waals surface area contributed by atoms with Crippen molar-refractivity contribution in [3.8, 4) is 5.75 Å². The molecular weight excluding hydrogens is 276 g/mol. The fourth-order valence-electron chi connectivity index (χ4n) is 3.14. The third-order valence-corrected chi connectivity index (χ3v) is 5.33. The van der Waals surface area contributed by atoms with Crippen LogP contribution in [0.1, 0.15) is 48.6 Å². The van der Waals surface area contributed by atoms with Gasteiger partial charge in [0.25, 0.3) is 0 Å². The van der Waals surface area contributed by atoms with E-state index in [1.807, 2.05) is 0 Å². The summed E-state index contributed by atoms with van der Waals surface area (Å²) in [6, 6.07) is 6.72. The molecule has 1 aliphatic heterocycles. The van der Waals surface area contributed by atoms with E-state index < -0.39 is 0 Å². The van der Waals surface area contributed by atoms with E-state index in [0.717, 1.165) is 18.1 Å². The number of halogens is 1. The summed E-state index contributed by atoms with van der Waals surface area (Å²) in [5.74, 6) is 1.92. The van der Waals surface area contributed by atoms with Gasteiger partial charge in [-0.1, -0.05) is 40.9 Å². The van der Waals surface area contributed by atoms with Crippen LogP contribution in [0.3, 0.4) is 0 Å². The molecule has 1 nitrogen and oxygen atoms in total. The van der Waals surface area contributed by atoms with E-state index in [9.17, 15) is 0 Å². The monoisotopic (exact) mass is 294 g/mol. The Bertz CT molecular complexity index is 409. The molecule has 1 fully saturated rings. The van der Waals surface area contributed by atoms with Crippen molar-refractivity contribution in [1.82, 2.24) is 0 Å². The average molecular weight is 295 g/mol. The summed E-state index contributed by atoms with van der Waals surface area (Å²) in [5.41, 5.74) is 2.82. The lowest BCUT2D eigenvalue weighted by Crippen LogP contribution is -2.05. The summed E-state index contributed by atoms with van der Waals surface area (Å²) in [5, 5.41) is 0. The predicted octanol–water partition coefficient (Wildman–Crippen LogP) is 4.64. The van der Waals surface area contributed by atoms with Gasteiger partial charge >= 0.3 is 0 Å². The summed E-state index contributed by atoms with van der Waals surface area (Å²) in [7, 11) is 0. The molecule has 0 N–H and O–H groups in total. The number of fused-ring (bicyclic) bond motifs is 1. The Hall–Kier alpha value is -0.500. The second-order valence-electron chi connectivity index (χ2n) is 5.45. The maximum absolute atomic E-state index is 5.75. The molecule has 0 amide bonds. The maximum atomic E-state index is 5.75. The van der Waals surface area contributed by atoms with E-state index in [1.165, 1.54) is 36.8 Å². The lowest BCUT2D eigenvalue weighted by atomic mass is 9.96. The molecule has 2 unspecified atom stereocenters. The van der Waals surface area contributed by atoms with Gasteiger partial charge in [-0.25, -0.2) is 0 Å². The van der Waals surface area contributed by atoms with Crippen molar-refractivity contribution in [2.75, 3.05) is 0 Å². The van der Waals surface area contributed by atoms with Gasteiger partial charge in [-0.3, -0.25) is 0 Å². The van der Waals surface area contributed by atoms with E-state index >= 15 is 0 Å². The van der Waals surface area contributed by atoms with Crippen LogP contribution in [0.4, 0.5) is 0 Å². The summed E-state index contributed by atoms with van der Waals surface area (Å²) >= 11 is 3.90. The van der Waals surface area contributed by atoms with E-state index in [2.05, 4.69) is 41.1 Å². The zero-order chi connectivity index (χ0) is 11.8. The molecule has 0 bridgehead atoms. The normalized spacial score (nSPS) is 25.6. The van der Waals surface area contributed by atoms with Gasteiger partial charge in [0.15, 0.2) is 0 Å². The quantitative estimate of drug-likeness (QED) is 0.722. The first-order chi connectivity index (χ1) is 8.24. The summed E-state index contributed by atoms with van der Waals surface area (Å²) in [6.07, 6.45) is 6.96. The molecule has 2 heteroatoms. The molecule has 0 spiro atoms. The third kappa shape index (κ3) is 2.24. The van der Waals surface area contributed by atoms with Crippen LogP contribution in [-0.4, -0.2) is 6.10 Å². The molecule has 92 valence electrons. The number of ether oxygens (including phenoxy) is 1. The highest BCUT2D eigenvalue weighted by Crippen LogP contribution is 2.42. The average Bonchev–Trinajstić information content (AvgIpc) is 2.94. The topological polar surface area (TPSA) is 9.23 Å². The van der Waals surface area contributed by atoms with Gasteiger partial charge in [-0.2, -0.15) is 0 Å². The molecule has 0 saturated heterocycles. The van der Waals surface area contributed by atoms with Gasteiger partial charge in [0.2, 0.25) is 0 Å². The van der Waals surface area contributed by atoms with Gasteiger partial charge in [0.05, 0.1) is 0 Å². The Morgan fingerprint density at radius 1 is 1.29 bits per heavy atom. The van der Waals surface area contributed by atoms with Crippen LogP contribution in [0.2, 0.25) is 0 Å². The Kier molecular flexibility index (Phi) is 3.16. The molecule has 1 heterocycles. The molecule has 0 radical (unpaired) electrons. The minimum absolute atomic E-state index is 0.348. The fraction of sp³-hybridized carbons (Fsp3) is 0.600. The second-order valence-corrected chi connectivity index (χ2v) is 6.43. The Labute approximate surface area is 112 Å². The van der Waals surface area contributed by atoms with Gasteiger partial charge in [-0.05, 0) is 42.9 Å². The predicted molar refractivity (Wildman–Crippen MR) is 73.9 cm³/mol. The summed E-state index contributed by atoms with van der Waals surface area (Å²) in [6.45, 7) is 2.14. The van der Waals surface area contributed by atoms with Crippen molar-refractivity contribution in [3.63, 3.8) is 0 Å². The molecule has 2 atom stereocenters. The van der Waals surface area contributed by atoms with Crippen LogP contribution >= 0.6 is 15.9 Å². The SMILES string of the molecule is CC1Cc2cc(C(Br)C3CCCC3)ccc2O1. The minimum Gasteiger partial charge on any atom is -0.490 e. The lowest BCUT2D eigenvalue weighted by Gasteiger charge is -2.18. The fourth-order valence-corrected chi connectivity index (χ4v) is 3.95. The third-order valence-electron chi connectivity index (χ3n) is 4.05. The van der Waals surface area contributed by atoms with Crippen molar-refractivity contribution < 1.29 is 4.74 Å². The highest BCUT2D eigenvalue weighted by atomic mass is 79.9. The van der Waals surface area contributed by atoms with Crippen molar-refractivity contribution in [3.05, 3.63) is 29.3 Å². The first kappa shape index (κ1) is 11.6. The first-order valence-electron chi connectivity index (χ1n) is 6.67.